The van der Waals surface area contributed by atoms with E-state index >= 15 is 0 Å². The smallest absolute Gasteiger partial charge is 0.332 e. The van der Waals surface area contributed by atoms with Gasteiger partial charge in [-0.25, -0.2) is 4.79 Å². The number of rotatable bonds is 7. The maximum Gasteiger partial charge on any atom is 0.332 e. The van der Waals surface area contributed by atoms with E-state index in [1.165, 1.54) is 9.13 Å². The summed E-state index contributed by atoms with van der Waals surface area (Å²) in [6.45, 7) is 12.3. The van der Waals surface area contributed by atoms with Crippen LogP contribution in [0.5, 0.6) is 0 Å². The summed E-state index contributed by atoms with van der Waals surface area (Å²) in [6, 6.07) is 9.23. The number of nitrogens with one attached hydrogen (secondary N) is 1. The summed E-state index contributed by atoms with van der Waals surface area (Å²) in [5, 5.41) is 0.429. The highest BCUT2D eigenvalue weighted by molar-refractivity contribution is 6.32. The first kappa shape index (κ1) is 30.7. The quantitative estimate of drug-likeness (QED) is 0.403. The summed E-state index contributed by atoms with van der Waals surface area (Å²) >= 11 is 6.76. The van der Waals surface area contributed by atoms with Gasteiger partial charge in [-0.1, -0.05) is 23.7 Å². The molecule has 0 radical (unpaired) electrons. The molecule has 1 atom stereocenters. The molecular weight excluding hydrogens is 568 g/mol. The fraction of sp³-hybridized carbons (Fsp3) is 0.438. The highest BCUT2D eigenvalue weighted by Gasteiger charge is 2.30. The molecule has 2 aromatic heterocycles. The summed E-state index contributed by atoms with van der Waals surface area (Å²) in [5.41, 5.74) is 3.51. The van der Waals surface area contributed by atoms with Crippen molar-refractivity contribution in [2.75, 3.05) is 52.0 Å². The number of benzene rings is 1. The van der Waals surface area contributed by atoms with Crippen LogP contribution in [0.3, 0.4) is 0 Å². The molecule has 1 unspecified atom stereocenters. The standard InChI is InChI=1S/C32H41ClN6O4/c1-21-16-24(22-8-9-26(25(33)17-22)39-15-10-35(5)31(39)41)30(43-20-42-7)29(36(21)6)23-18-27(34-28(40)19-23)37-11-13-38(14-12-37)32(2,3)4/h8-10,15-19,21H,11-14,20H2,1-7H3,(H,34,40). The van der Waals surface area contributed by atoms with E-state index in [-0.39, 0.29) is 29.6 Å². The fourth-order valence-corrected chi connectivity index (χ4v) is 5.99. The van der Waals surface area contributed by atoms with Crippen LogP contribution in [0.25, 0.3) is 17.0 Å². The number of nitrogens with zero attached hydrogens (tertiary/aromatic N) is 5. The number of hydrogen-bond donors (Lipinski definition) is 1. The monoisotopic (exact) mass is 608 g/mol. The van der Waals surface area contributed by atoms with Gasteiger partial charge in [0.05, 0.1) is 16.4 Å². The lowest BCUT2D eigenvalue weighted by molar-refractivity contribution is 0.0104. The lowest BCUT2D eigenvalue weighted by Gasteiger charge is -2.43. The van der Waals surface area contributed by atoms with Crippen molar-refractivity contribution in [3.63, 3.8) is 0 Å². The molecule has 10 nitrogen and oxygen atoms in total. The third-order valence-electron chi connectivity index (χ3n) is 8.29. The molecule has 43 heavy (non-hydrogen) atoms. The Balaban J connectivity index is 1.57. The van der Waals surface area contributed by atoms with Crippen molar-refractivity contribution in [2.24, 2.45) is 7.05 Å². The number of methoxy groups -OCH3 is 1. The molecule has 3 aromatic rings. The third kappa shape index (κ3) is 6.18. The van der Waals surface area contributed by atoms with Crippen LogP contribution >= 0.6 is 11.6 Å². The van der Waals surface area contributed by atoms with Gasteiger partial charge < -0.3 is 28.8 Å². The van der Waals surface area contributed by atoms with E-state index < -0.39 is 0 Å². The Hall–Kier alpha value is -3.73. The first-order chi connectivity index (χ1) is 20.4. The molecule has 4 heterocycles. The Labute approximate surface area is 257 Å². The second kappa shape index (κ2) is 12.1. The molecule has 0 saturated carbocycles. The number of anilines is 1. The van der Waals surface area contributed by atoms with E-state index in [1.807, 2.05) is 31.3 Å². The number of aryl methyl sites for hydroxylation is 1. The zero-order chi connectivity index (χ0) is 31.1. The lowest BCUT2D eigenvalue weighted by Crippen LogP contribution is -2.53. The van der Waals surface area contributed by atoms with E-state index in [1.54, 1.807) is 32.6 Å². The SMILES string of the molecule is COCOC1=C(c2cc(N3CCN(C(C)(C)C)CC3)[nH]c(=O)c2)N(C)C(C)C=C1c1ccc(-n2ccn(C)c2=O)c(Cl)c1. The van der Waals surface area contributed by atoms with Gasteiger partial charge in [0.15, 0.2) is 12.6 Å². The number of ether oxygens (including phenoxy) is 2. The number of imidazole rings is 1. The maximum absolute atomic E-state index is 13.1. The highest BCUT2D eigenvalue weighted by Crippen LogP contribution is 2.40. The number of likely N-dealkylation sites (N-methyl/N-ethyl adjacent to an activating group) is 1. The van der Waals surface area contributed by atoms with Crippen LogP contribution in [0.1, 0.15) is 38.8 Å². The number of halogens is 1. The largest absolute Gasteiger partial charge is 0.465 e. The normalized spacial score (nSPS) is 18.3. The van der Waals surface area contributed by atoms with Crippen LogP contribution in [0.4, 0.5) is 5.82 Å². The Morgan fingerprint density at radius 1 is 1.00 bits per heavy atom. The van der Waals surface area contributed by atoms with E-state index in [9.17, 15) is 9.59 Å². The number of aromatic amines is 1. The minimum absolute atomic E-state index is 0.0202. The molecule has 5 rings (SSSR count). The predicted molar refractivity (Wildman–Crippen MR) is 172 cm³/mol. The first-order valence-corrected chi connectivity index (χ1v) is 14.9. The number of allylic oxidation sites excluding steroid dienone is 1. The zero-order valence-corrected chi connectivity index (χ0v) is 26.7. The molecule has 230 valence electrons. The van der Waals surface area contributed by atoms with Crippen LogP contribution in [0, 0.1) is 0 Å². The van der Waals surface area contributed by atoms with Gasteiger partial charge in [0.2, 0.25) is 5.56 Å². The average Bonchev–Trinajstić information content (AvgIpc) is 3.29. The van der Waals surface area contributed by atoms with Crippen molar-refractivity contribution in [3.8, 4) is 5.69 Å². The van der Waals surface area contributed by atoms with Gasteiger partial charge in [-0.2, -0.15) is 0 Å². The Bertz CT molecular complexity index is 1670. The molecule has 1 fully saturated rings. The van der Waals surface area contributed by atoms with Gasteiger partial charge in [0.1, 0.15) is 5.82 Å². The van der Waals surface area contributed by atoms with Crippen molar-refractivity contribution < 1.29 is 9.47 Å². The Kier molecular flexibility index (Phi) is 8.65. The minimum atomic E-state index is -0.182. The Morgan fingerprint density at radius 3 is 2.33 bits per heavy atom. The zero-order valence-electron chi connectivity index (χ0n) is 26.0. The van der Waals surface area contributed by atoms with Crippen LogP contribution in [-0.2, 0) is 16.5 Å². The van der Waals surface area contributed by atoms with E-state index in [4.69, 9.17) is 21.1 Å². The van der Waals surface area contributed by atoms with Gasteiger partial charge in [0.25, 0.3) is 0 Å². The molecule has 1 saturated heterocycles. The van der Waals surface area contributed by atoms with Gasteiger partial charge >= 0.3 is 5.69 Å². The summed E-state index contributed by atoms with van der Waals surface area (Å²) in [5.74, 6) is 1.37. The highest BCUT2D eigenvalue weighted by atomic mass is 35.5. The van der Waals surface area contributed by atoms with Gasteiger partial charge in [-0.05, 0) is 51.5 Å². The average molecular weight is 609 g/mol. The number of hydrogen-bond acceptors (Lipinski definition) is 7. The summed E-state index contributed by atoms with van der Waals surface area (Å²) in [6.07, 6.45) is 5.49. The molecule has 0 bridgehead atoms. The van der Waals surface area contributed by atoms with Crippen LogP contribution < -0.4 is 16.1 Å². The fourth-order valence-electron chi connectivity index (χ4n) is 5.72. The molecule has 11 heteroatoms. The van der Waals surface area contributed by atoms with Crippen molar-refractivity contribution in [2.45, 2.75) is 39.3 Å². The van der Waals surface area contributed by atoms with Gasteiger partial charge in [-0.3, -0.25) is 14.3 Å². The molecule has 1 N–H and O–H groups in total. The molecule has 2 aliphatic heterocycles. The predicted octanol–water partition coefficient (Wildman–Crippen LogP) is 4.14. The van der Waals surface area contributed by atoms with Crippen LogP contribution in [0.15, 0.2) is 64.1 Å². The third-order valence-corrected chi connectivity index (χ3v) is 8.59. The molecule has 0 amide bonds. The first-order valence-electron chi connectivity index (χ1n) is 14.5. The van der Waals surface area contributed by atoms with E-state index in [2.05, 4.69) is 53.5 Å². The molecular formula is C32H41ClN6O4. The van der Waals surface area contributed by atoms with Gasteiger partial charge in [-0.15, -0.1) is 0 Å². The van der Waals surface area contributed by atoms with Crippen molar-refractivity contribution in [1.82, 2.24) is 23.9 Å². The topological polar surface area (TPSA) is 88.0 Å². The summed E-state index contributed by atoms with van der Waals surface area (Å²) in [4.78, 5) is 35.5. The number of piperazine rings is 1. The molecule has 2 aliphatic rings. The van der Waals surface area contributed by atoms with Crippen molar-refractivity contribution in [3.05, 3.63) is 91.5 Å². The van der Waals surface area contributed by atoms with E-state index in [0.717, 1.165) is 54.4 Å². The molecule has 0 spiro atoms. The maximum atomic E-state index is 13.1. The van der Waals surface area contributed by atoms with Crippen molar-refractivity contribution >= 4 is 28.7 Å². The second-order valence-corrected chi connectivity index (χ2v) is 12.6. The molecule has 1 aromatic carbocycles. The minimum Gasteiger partial charge on any atom is -0.465 e. The van der Waals surface area contributed by atoms with Crippen LogP contribution in [-0.4, -0.2) is 82.6 Å². The summed E-state index contributed by atoms with van der Waals surface area (Å²) in [7, 11) is 5.26. The van der Waals surface area contributed by atoms with Crippen LogP contribution in [0.2, 0.25) is 5.02 Å². The molecule has 0 aliphatic carbocycles. The van der Waals surface area contributed by atoms with Gasteiger partial charge in [0, 0.05) is 88.6 Å². The lowest BCUT2D eigenvalue weighted by atomic mass is 9.93. The second-order valence-electron chi connectivity index (χ2n) is 12.2. The number of H-pyrrole nitrogens is 1. The Morgan fingerprint density at radius 2 is 1.72 bits per heavy atom. The summed E-state index contributed by atoms with van der Waals surface area (Å²) < 4.78 is 14.6. The van der Waals surface area contributed by atoms with Crippen molar-refractivity contribution in [1.29, 1.82) is 0 Å². The van der Waals surface area contributed by atoms with E-state index in [0.29, 0.717) is 16.5 Å². The number of pyridine rings is 1. The number of aromatic nitrogens is 3.